The highest BCUT2D eigenvalue weighted by Crippen LogP contribution is 2.12. The van der Waals surface area contributed by atoms with Gasteiger partial charge in [0.25, 0.3) is 0 Å². The summed E-state index contributed by atoms with van der Waals surface area (Å²) in [6.45, 7) is 5.07. The Bertz CT molecular complexity index is 320. The molecule has 0 spiro atoms. The van der Waals surface area contributed by atoms with Gasteiger partial charge in [-0.1, -0.05) is 26.3 Å². The van der Waals surface area contributed by atoms with Crippen LogP contribution in [0.2, 0.25) is 0 Å². The molecule has 0 aliphatic rings. The zero-order chi connectivity index (χ0) is 12.0. The van der Waals surface area contributed by atoms with E-state index in [-0.39, 0.29) is 0 Å². The second kappa shape index (κ2) is 6.59. The summed E-state index contributed by atoms with van der Waals surface area (Å²) in [4.78, 5) is 0. The zero-order valence-electron chi connectivity index (χ0n) is 9.89. The van der Waals surface area contributed by atoms with E-state index in [4.69, 9.17) is 0 Å². The number of nitrogens with one attached hydrogen (secondary N) is 1. The maximum absolute atomic E-state index is 13.0. The molecule has 16 heavy (non-hydrogen) atoms. The van der Waals surface area contributed by atoms with Gasteiger partial charge >= 0.3 is 0 Å². The lowest BCUT2D eigenvalue weighted by atomic mass is 10.0. The number of hydrogen-bond acceptors (Lipinski definition) is 1. The summed E-state index contributed by atoms with van der Waals surface area (Å²) in [6, 6.07) is 4.48. The van der Waals surface area contributed by atoms with E-state index in [1.165, 1.54) is 12.1 Å². The molecule has 1 rings (SSSR count). The van der Waals surface area contributed by atoms with Gasteiger partial charge in [0.15, 0.2) is 11.6 Å². The van der Waals surface area contributed by atoms with Gasteiger partial charge in [-0.25, -0.2) is 8.78 Å². The first-order chi connectivity index (χ1) is 7.67. The van der Waals surface area contributed by atoms with Crippen LogP contribution in [0.5, 0.6) is 0 Å². The third kappa shape index (κ3) is 3.89. The van der Waals surface area contributed by atoms with E-state index in [0.29, 0.717) is 6.04 Å². The standard InChI is InChI=1S/C13H19F2N/c1-3-5-11(16-4-2)8-10-6-7-12(14)13(15)9-10/h6-7,9,11,16H,3-5,8H2,1-2H3. The fourth-order valence-corrected chi connectivity index (χ4v) is 1.86. The summed E-state index contributed by atoms with van der Waals surface area (Å²) in [5.74, 6) is -1.54. The Morgan fingerprint density at radius 2 is 1.94 bits per heavy atom. The van der Waals surface area contributed by atoms with Crippen molar-refractivity contribution in [2.24, 2.45) is 0 Å². The minimum atomic E-state index is -0.778. The molecule has 0 saturated carbocycles. The first-order valence-corrected chi connectivity index (χ1v) is 5.84. The topological polar surface area (TPSA) is 12.0 Å². The Morgan fingerprint density at radius 1 is 1.19 bits per heavy atom. The quantitative estimate of drug-likeness (QED) is 0.786. The van der Waals surface area contributed by atoms with Crippen molar-refractivity contribution in [1.82, 2.24) is 5.32 Å². The molecular formula is C13H19F2N. The van der Waals surface area contributed by atoms with Crippen molar-refractivity contribution >= 4 is 0 Å². The van der Waals surface area contributed by atoms with Gasteiger partial charge in [0.05, 0.1) is 0 Å². The van der Waals surface area contributed by atoms with Crippen molar-refractivity contribution < 1.29 is 8.78 Å². The Kier molecular flexibility index (Phi) is 5.39. The molecule has 0 radical (unpaired) electrons. The summed E-state index contributed by atoms with van der Waals surface area (Å²) in [6.07, 6.45) is 2.88. The minimum Gasteiger partial charge on any atom is -0.314 e. The lowest BCUT2D eigenvalue weighted by Gasteiger charge is -2.17. The molecule has 1 N–H and O–H groups in total. The van der Waals surface area contributed by atoms with Gasteiger partial charge in [0, 0.05) is 6.04 Å². The molecule has 1 atom stereocenters. The zero-order valence-corrected chi connectivity index (χ0v) is 9.89. The van der Waals surface area contributed by atoms with E-state index >= 15 is 0 Å². The van der Waals surface area contributed by atoms with Crippen molar-refractivity contribution in [3.63, 3.8) is 0 Å². The molecule has 0 bridgehead atoms. The highest BCUT2D eigenvalue weighted by Gasteiger charge is 2.09. The molecular weight excluding hydrogens is 208 g/mol. The minimum absolute atomic E-state index is 0.347. The number of benzene rings is 1. The monoisotopic (exact) mass is 227 g/mol. The maximum Gasteiger partial charge on any atom is 0.159 e. The fourth-order valence-electron chi connectivity index (χ4n) is 1.86. The molecule has 0 aliphatic carbocycles. The average Bonchev–Trinajstić information content (AvgIpc) is 2.24. The first-order valence-electron chi connectivity index (χ1n) is 5.84. The maximum atomic E-state index is 13.0. The van der Waals surface area contributed by atoms with E-state index in [2.05, 4.69) is 12.2 Å². The van der Waals surface area contributed by atoms with Crippen LogP contribution in [-0.2, 0) is 6.42 Å². The summed E-state index contributed by atoms with van der Waals surface area (Å²) in [5.41, 5.74) is 0.846. The van der Waals surface area contributed by atoms with E-state index in [1.807, 2.05) is 6.92 Å². The van der Waals surface area contributed by atoms with Gasteiger partial charge in [-0.3, -0.25) is 0 Å². The van der Waals surface area contributed by atoms with Gasteiger partial charge in [-0.05, 0) is 37.1 Å². The SMILES string of the molecule is CCCC(Cc1ccc(F)c(F)c1)NCC. The predicted octanol–water partition coefficient (Wildman–Crippen LogP) is 3.29. The summed E-state index contributed by atoms with van der Waals surface area (Å²) < 4.78 is 25.7. The van der Waals surface area contributed by atoms with Gasteiger partial charge in [-0.2, -0.15) is 0 Å². The molecule has 0 aromatic heterocycles. The van der Waals surface area contributed by atoms with Crippen LogP contribution in [0, 0.1) is 11.6 Å². The second-order valence-corrected chi connectivity index (χ2v) is 4.00. The first kappa shape index (κ1) is 13.1. The van der Waals surface area contributed by atoms with E-state index in [9.17, 15) is 8.78 Å². The number of likely N-dealkylation sites (N-methyl/N-ethyl adjacent to an activating group) is 1. The van der Waals surface area contributed by atoms with Crippen LogP contribution in [-0.4, -0.2) is 12.6 Å². The summed E-state index contributed by atoms with van der Waals surface area (Å²) in [7, 11) is 0. The molecule has 1 aromatic rings. The molecule has 0 aliphatic heterocycles. The molecule has 0 saturated heterocycles. The van der Waals surface area contributed by atoms with Crippen LogP contribution in [0.25, 0.3) is 0 Å². The van der Waals surface area contributed by atoms with Crippen LogP contribution in [0.4, 0.5) is 8.78 Å². The average molecular weight is 227 g/mol. The summed E-state index contributed by atoms with van der Waals surface area (Å²) >= 11 is 0. The fraction of sp³-hybridized carbons (Fsp3) is 0.538. The van der Waals surface area contributed by atoms with Crippen LogP contribution in [0.3, 0.4) is 0 Å². The molecule has 0 fully saturated rings. The van der Waals surface area contributed by atoms with Crippen LogP contribution < -0.4 is 5.32 Å². The Hall–Kier alpha value is -0.960. The third-order valence-corrected chi connectivity index (χ3v) is 2.60. The van der Waals surface area contributed by atoms with Crippen molar-refractivity contribution in [2.45, 2.75) is 39.2 Å². The van der Waals surface area contributed by atoms with E-state index in [1.54, 1.807) is 6.07 Å². The Morgan fingerprint density at radius 3 is 2.50 bits per heavy atom. The summed E-state index contributed by atoms with van der Waals surface area (Å²) in [5, 5.41) is 3.35. The van der Waals surface area contributed by atoms with Gasteiger partial charge in [0.1, 0.15) is 0 Å². The van der Waals surface area contributed by atoms with Gasteiger partial charge < -0.3 is 5.32 Å². The van der Waals surface area contributed by atoms with Crippen molar-refractivity contribution in [2.75, 3.05) is 6.54 Å². The van der Waals surface area contributed by atoms with E-state index < -0.39 is 11.6 Å². The molecule has 0 heterocycles. The van der Waals surface area contributed by atoms with Crippen LogP contribution >= 0.6 is 0 Å². The largest absolute Gasteiger partial charge is 0.314 e. The Balaban J connectivity index is 2.65. The molecule has 0 amide bonds. The lowest BCUT2D eigenvalue weighted by molar-refractivity contribution is 0.479. The van der Waals surface area contributed by atoms with Crippen LogP contribution in [0.1, 0.15) is 32.3 Å². The number of halogens is 2. The van der Waals surface area contributed by atoms with Crippen molar-refractivity contribution in [1.29, 1.82) is 0 Å². The third-order valence-electron chi connectivity index (χ3n) is 2.60. The molecule has 1 unspecified atom stereocenters. The predicted molar refractivity (Wildman–Crippen MR) is 62.4 cm³/mol. The smallest absolute Gasteiger partial charge is 0.159 e. The van der Waals surface area contributed by atoms with Crippen molar-refractivity contribution in [3.05, 3.63) is 35.4 Å². The molecule has 1 nitrogen and oxygen atoms in total. The van der Waals surface area contributed by atoms with Gasteiger partial charge in [0.2, 0.25) is 0 Å². The molecule has 3 heteroatoms. The van der Waals surface area contributed by atoms with Crippen molar-refractivity contribution in [3.8, 4) is 0 Å². The Labute approximate surface area is 95.9 Å². The van der Waals surface area contributed by atoms with Crippen LogP contribution in [0.15, 0.2) is 18.2 Å². The number of hydrogen-bond donors (Lipinski definition) is 1. The second-order valence-electron chi connectivity index (χ2n) is 4.00. The highest BCUT2D eigenvalue weighted by molar-refractivity contribution is 5.18. The molecule has 90 valence electrons. The lowest BCUT2D eigenvalue weighted by Crippen LogP contribution is -2.30. The van der Waals surface area contributed by atoms with E-state index in [0.717, 1.165) is 31.4 Å². The molecule has 1 aromatic carbocycles. The van der Waals surface area contributed by atoms with Gasteiger partial charge in [-0.15, -0.1) is 0 Å². The normalized spacial score (nSPS) is 12.8. The highest BCUT2D eigenvalue weighted by atomic mass is 19.2. The number of rotatable bonds is 6.